The van der Waals surface area contributed by atoms with Crippen LogP contribution in [0.25, 0.3) is 0 Å². The highest BCUT2D eigenvalue weighted by Gasteiger charge is 2.19. The molecule has 0 radical (unpaired) electrons. The summed E-state index contributed by atoms with van der Waals surface area (Å²) in [6, 6.07) is 5.38. The van der Waals surface area contributed by atoms with E-state index in [1.54, 1.807) is 18.3 Å². The molecule has 0 fully saturated rings. The number of benzene rings is 1. The zero-order chi connectivity index (χ0) is 18.6. The molecule has 0 aliphatic carbocycles. The molecule has 7 nitrogen and oxygen atoms in total. The predicted molar refractivity (Wildman–Crippen MR) is 98.9 cm³/mol. The van der Waals surface area contributed by atoms with E-state index in [2.05, 4.69) is 17.2 Å². The van der Waals surface area contributed by atoms with Gasteiger partial charge in [0.25, 0.3) is 0 Å². The standard InChI is InChI=1S/C16H22N4O3S2/c1-4-15-18-13(10-24-15)9-20(3)11(2)16(21)19-12-5-7-14(8-6-12)25(17,22)23/h5-8,10-11H,4,9H2,1-3H3,(H,19,21)(H2,17,22,23). The minimum absolute atomic E-state index is 0.00549. The van der Waals surface area contributed by atoms with Gasteiger partial charge in [-0.05, 0) is 44.7 Å². The van der Waals surface area contributed by atoms with Crippen LogP contribution in [0.15, 0.2) is 34.5 Å². The number of rotatable bonds is 7. The van der Waals surface area contributed by atoms with E-state index in [-0.39, 0.29) is 16.8 Å². The highest BCUT2D eigenvalue weighted by molar-refractivity contribution is 7.89. The topological polar surface area (TPSA) is 105 Å². The van der Waals surface area contributed by atoms with Crippen LogP contribution in [0, 0.1) is 0 Å². The number of thiazole rings is 1. The summed E-state index contributed by atoms with van der Waals surface area (Å²) in [4.78, 5) is 18.8. The molecule has 1 aromatic heterocycles. The largest absolute Gasteiger partial charge is 0.325 e. The van der Waals surface area contributed by atoms with Gasteiger partial charge < -0.3 is 5.32 Å². The van der Waals surface area contributed by atoms with Crippen LogP contribution in [0.2, 0.25) is 0 Å². The lowest BCUT2D eigenvalue weighted by Crippen LogP contribution is -2.39. The molecule has 3 N–H and O–H groups in total. The molecule has 25 heavy (non-hydrogen) atoms. The summed E-state index contributed by atoms with van der Waals surface area (Å²) in [6.07, 6.45) is 0.902. The average Bonchev–Trinajstić information content (AvgIpc) is 3.01. The highest BCUT2D eigenvalue weighted by Crippen LogP contribution is 2.15. The molecule has 2 rings (SSSR count). The summed E-state index contributed by atoms with van der Waals surface area (Å²) in [5, 5.41) is 10.9. The van der Waals surface area contributed by atoms with Crippen LogP contribution in [0.3, 0.4) is 0 Å². The predicted octanol–water partition coefficient (Wildman–Crippen LogP) is 1.81. The van der Waals surface area contributed by atoms with Crippen molar-refractivity contribution in [1.82, 2.24) is 9.88 Å². The van der Waals surface area contributed by atoms with Crippen LogP contribution in [0.1, 0.15) is 24.5 Å². The van der Waals surface area contributed by atoms with Gasteiger partial charge >= 0.3 is 0 Å². The molecule has 0 saturated heterocycles. The zero-order valence-electron chi connectivity index (χ0n) is 14.4. The maximum atomic E-state index is 12.4. The van der Waals surface area contributed by atoms with Crippen molar-refractivity contribution in [2.24, 2.45) is 5.14 Å². The van der Waals surface area contributed by atoms with E-state index in [4.69, 9.17) is 5.14 Å². The van der Waals surface area contributed by atoms with Crippen molar-refractivity contribution in [2.75, 3.05) is 12.4 Å². The van der Waals surface area contributed by atoms with E-state index in [9.17, 15) is 13.2 Å². The van der Waals surface area contributed by atoms with Crippen molar-refractivity contribution in [2.45, 2.75) is 37.8 Å². The number of aryl methyl sites for hydroxylation is 1. The first-order valence-electron chi connectivity index (χ1n) is 7.78. The van der Waals surface area contributed by atoms with E-state index in [1.165, 1.54) is 24.3 Å². The van der Waals surface area contributed by atoms with Crippen molar-refractivity contribution >= 4 is 33.0 Å². The van der Waals surface area contributed by atoms with Crippen molar-refractivity contribution in [1.29, 1.82) is 0 Å². The SMILES string of the molecule is CCc1nc(CN(C)C(C)C(=O)Nc2ccc(S(N)(=O)=O)cc2)cs1. The second-order valence-electron chi connectivity index (χ2n) is 5.74. The Morgan fingerprint density at radius 1 is 1.36 bits per heavy atom. The molecule has 0 bridgehead atoms. The lowest BCUT2D eigenvalue weighted by molar-refractivity contribution is -0.120. The highest BCUT2D eigenvalue weighted by atomic mass is 32.2. The van der Waals surface area contributed by atoms with Gasteiger partial charge in [0.1, 0.15) is 0 Å². The molecule has 1 atom stereocenters. The first-order valence-corrected chi connectivity index (χ1v) is 10.2. The maximum Gasteiger partial charge on any atom is 0.241 e. The number of primary sulfonamides is 1. The Morgan fingerprint density at radius 2 is 2.00 bits per heavy atom. The van der Waals surface area contributed by atoms with Crippen LogP contribution < -0.4 is 10.5 Å². The monoisotopic (exact) mass is 382 g/mol. The molecule has 0 saturated carbocycles. The van der Waals surface area contributed by atoms with Crippen molar-refractivity contribution in [3.05, 3.63) is 40.3 Å². The number of nitrogens with two attached hydrogens (primary N) is 1. The van der Waals surface area contributed by atoms with Gasteiger partial charge in [0.15, 0.2) is 0 Å². The number of carbonyl (C=O) groups is 1. The van der Waals surface area contributed by atoms with Crippen LogP contribution in [0.5, 0.6) is 0 Å². The van der Waals surface area contributed by atoms with Crippen molar-refractivity contribution in [3.8, 4) is 0 Å². The van der Waals surface area contributed by atoms with Gasteiger partial charge in [0, 0.05) is 17.6 Å². The Balaban J connectivity index is 1.97. The molecule has 0 aliphatic rings. The number of aromatic nitrogens is 1. The molecule has 1 heterocycles. The van der Waals surface area contributed by atoms with Crippen LogP contribution in [0.4, 0.5) is 5.69 Å². The summed E-state index contributed by atoms with van der Waals surface area (Å²) in [5.74, 6) is -0.184. The number of hydrogen-bond acceptors (Lipinski definition) is 6. The Labute approximate surface area is 151 Å². The Hall–Kier alpha value is -1.81. The molecular formula is C16H22N4O3S2. The van der Waals surface area contributed by atoms with Crippen molar-refractivity contribution < 1.29 is 13.2 Å². The van der Waals surface area contributed by atoms with Gasteiger partial charge in [-0.15, -0.1) is 11.3 Å². The van der Waals surface area contributed by atoms with Crippen molar-refractivity contribution in [3.63, 3.8) is 0 Å². The lowest BCUT2D eigenvalue weighted by atomic mass is 10.2. The normalized spacial score (nSPS) is 13.0. The molecule has 0 aliphatic heterocycles. The molecule has 2 aromatic rings. The van der Waals surface area contributed by atoms with Gasteiger partial charge in [-0.3, -0.25) is 9.69 Å². The second kappa shape index (κ2) is 8.05. The third kappa shape index (κ3) is 5.33. The van der Waals surface area contributed by atoms with Crippen LogP contribution in [-0.2, 0) is 27.8 Å². The first-order chi connectivity index (χ1) is 11.7. The third-order valence-corrected chi connectivity index (χ3v) is 5.78. The van der Waals surface area contributed by atoms with Crippen LogP contribution in [-0.4, -0.2) is 37.3 Å². The molecule has 9 heteroatoms. The number of anilines is 1. The second-order valence-corrected chi connectivity index (χ2v) is 8.24. The lowest BCUT2D eigenvalue weighted by Gasteiger charge is -2.23. The Kier molecular flexibility index (Phi) is 6.28. The van der Waals surface area contributed by atoms with Gasteiger partial charge in [-0.25, -0.2) is 18.5 Å². The maximum absolute atomic E-state index is 12.4. The molecule has 1 amide bonds. The molecule has 0 spiro atoms. The summed E-state index contributed by atoms with van der Waals surface area (Å²) < 4.78 is 22.5. The molecule has 1 unspecified atom stereocenters. The van der Waals surface area contributed by atoms with Gasteiger partial charge in [-0.2, -0.15) is 0 Å². The fourth-order valence-electron chi connectivity index (χ4n) is 2.15. The zero-order valence-corrected chi connectivity index (χ0v) is 16.0. The number of likely N-dealkylation sites (N-methyl/N-ethyl adjacent to an activating group) is 1. The van der Waals surface area contributed by atoms with Gasteiger partial charge in [-0.1, -0.05) is 6.92 Å². The number of carbonyl (C=O) groups excluding carboxylic acids is 1. The average molecular weight is 383 g/mol. The molecule has 1 aromatic carbocycles. The van der Waals surface area contributed by atoms with E-state index in [1.807, 2.05) is 17.3 Å². The molecule has 136 valence electrons. The fourth-order valence-corrected chi connectivity index (χ4v) is 3.40. The summed E-state index contributed by atoms with van der Waals surface area (Å²) >= 11 is 1.62. The number of amides is 1. The van der Waals surface area contributed by atoms with Crippen LogP contribution >= 0.6 is 11.3 Å². The summed E-state index contributed by atoms with van der Waals surface area (Å²) in [5.41, 5.74) is 1.46. The number of sulfonamides is 1. The van der Waals surface area contributed by atoms with E-state index in [0.29, 0.717) is 12.2 Å². The Bertz CT molecular complexity index is 831. The Morgan fingerprint density at radius 3 is 2.52 bits per heavy atom. The van der Waals surface area contributed by atoms with Gasteiger partial charge in [0.05, 0.1) is 21.6 Å². The third-order valence-electron chi connectivity index (χ3n) is 3.80. The van der Waals surface area contributed by atoms with E-state index in [0.717, 1.165) is 17.1 Å². The van der Waals surface area contributed by atoms with E-state index >= 15 is 0 Å². The fraction of sp³-hybridized carbons (Fsp3) is 0.375. The minimum atomic E-state index is -3.74. The van der Waals surface area contributed by atoms with E-state index < -0.39 is 10.0 Å². The smallest absolute Gasteiger partial charge is 0.241 e. The number of nitrogens with zero attached hydrogens (tertiary/aromatic N) is 2. The molecular weight excluding hydrogens is 360 g/mol. The number of hydrogen-bond donors (Lipinski definition) is 2. The number of nitrogens with one attached hydrogen (secondary N) is 1. The summed E-state index contributed by atoms with van der Waals surface area (Å²) in [6.45, 7) is 4.44. The quantitative estimate of drug-likeness (QED) is 0.760. The summed E-state index contributed by atoms with van der Waals surface area (Å²) in [7, 11) is -1.88. The first kappa shape index (κ1) is 19.5. The van der Waals surface area contributed by atoms with Gasteiger partial charge in [0.2, 0.25) is 15.9 Å². The minimum Gasteiger partial charge on any atom is -0.325 e.